The zero-order valence-electron chi connectivity index (χ0n) is 17.7. The van der Waals surface area contributed by atoms with Crippen molar-refractivity contribution in [3.8, 4) is 5.75 Å². The van der Waals surface area contributed by atoms with E-state index in [4.69, 9.17) is 9.72 Å². The van der Waals surface area contributed by atoms with Gasteiger partial charge in [-0.2, -0.15) is 0 Å². The smallest absolute Gasteiger partial charge is 0.252 e. The number of ether oxygens (including phenoxy) is 1. The number of anilines is 2. The largest absolute Gasteiger partial charge is 0.495 e. The quantitative estimate of drug-likeness (QED) is 0.638. The fourth-order valence-corrected chi connectivity index (χ4v) is 3.89. The van der Waals surface area contributed by atoms with Gasteiger partial charge in [0.15, 0.2) is 0 Å². The number of para-hydroxylation sites is 2. The Labute approximate surface area is 181 Å². The molecular weight excluding hydrogens is 392 g/mol. The lowest BCUT2D eigenvalue weighted by Crippen LogP contribution is -2.27. The zero-order chi connectivity index (χ0) is 21.8. The second-order valence-electron chi connectivity index (χ2n) is 7.73. The topological polar surface area (TPSA) is 78.5 Å². The van der Waals surface area contributed by atoms with Gasteiger partial charge in [0.05, 0.1) is 18.5 Å². The highest BCUT2D eigenvalue weighted by atomic mass is 16.5. The summed E-state index contributed by atoms with van der Waals surface area (Å²) < 4.78 is 5.41. The van der Waals surface area contributed by atoms with Gasteiger partial charge >= 0.3 is 0 Å². The Hall–Kier alpha value is -3.61. The van der Waals surface area contributed by atoms with Crippen LogP contribution in [0.5, 0.6) is 5.75 Å². The van der Waals surface area contributed by atoms with Crippen molar-refractivity contribution in [3.05, 3.63) is 82.3 Å². The predicted molar refractivity (Wildman–Crippen MR) is 121 cm³/mol. The first-order chi connectivity index (χ1) is 15.0. The summed E-state index contributed by atoms with van der Waals surface area (Å²) in [7, 11) is 3.50. The van der Waals surface area contributed by atoms with Crippen molar-refractivity contribution in [3.63, 3.8) is 0 Å². The fourth-order valence-electron chi connectivity index (χ4n) is 3.89. The highest BCUT2D eigenvalue weighted by molar-refractivity contribution is 5.97. The Kier molecular flexibility index (Phi) is 6.02. The van der Waals surface area contributed by atoms with Gasteiger partial charge in [-0.1, -0.05) is 42.5 Å². The lowest BCUT2D eigenvalue weighted by molar-refractivity contribution is -0.117. The first-order valence-corrected chi connectivity index (χ1v) is 10.3. The van der Waals surface area contributed by atoms with Crippen LogP contribution in [-0.4, -0.2) is 43.1 Å². The molecule has 1 fully saturated rings. The van der Waals surface area contributed by atoms with Gasteiger partial charge in [0, 0.05) is 38.5 Å². The number of carbonyl (C=O) groups is 1. The maximum atomic E-state index is 12.7. The maximum absolute atomic E-state index is 12.7. The minimum atomic E-state index is -0.213. The number of rotatable bonds is 7. The number of benzene rings is 2. The number of nitrogens with one attached hydrogen (secondary N) is 1. The molecule has 0 aliphatic carbocycles. The van der Waals surface area contributed by atoms with E-state index >= 15 is 0 Å². The van der Waals surface area contributed by atoms with Crippen molar-refractivity contribution < 1.29 is 9.53 Å². The molecule has 1 aromatic heterocycles. The second kappa shape index (κ2) is 9.04. The Bertz CT molecular complexity index is 1110. The highest BCUT2D eigenvalue weighted by Gasteiger charge is 2.34. The highest BCUT2D eigenvalue weighted by Crippen LogP contribution is 2.35. The molecule has 1 aliphatic heterocycles. The lowest BCUT2D eigenvalue weighted by Gasteiger charge is -2.20. The minimum absolute atomic E-state index is 0.00411. The van der Waals surface area contributed by atoms with E-state index in [1.165, 1.54) is 11.6 Å². The third kappa shape index (κ3) is 4.60. The molecule has 0 bridgehead atoms. The van der Waals surface area contributed by atoms with Crippen molar-refractivity contribution in [2.24, 2.45) is 0 Å². The van der Waals surface area contributed by atoms with E-state index < -0.39 is 0 Å². The van der Waals surface area contributed by atoms with Crippen molar-refractivity contribution in [2.75, 3.05) is 37.0 Å². The van der Waals surface area contributed by atoms with Gasteiger partial charge in [0.1, 0.15) is 5.75 Å². The zero-order valence-corrected chi connectivity index (χ0v) is 17.7. The molecular formula is C24H26N4O3. The number of hydrogen-bond donors (Lipinski definition) is 1. The predicted octanol–water partition coefficient (Wildman–Crippen LogP) is 2.98. The Balaban J connectivity index is 1.52. The number of aromatic amines is 1. The Morgan fingerprint density at radius 1 is 1.13 bits per heavy atom. The van der Waals surface area contributed by atoms with E-state index in [-0.39, 0.29) is 17.4 Å². The summed E-state index contributed by atoms with van der Waals surface area (Å²) in [5, 5.41) is 0. The SMILES string of the molecule is COc1ccccc1N1C[C@@H](c2cc(=O)[nH]c(N(C)CCc3ccccc3)n2)CC1=O. The van der Waals surface area contributed by atoms with Crippen LogP contribution in [0.4, 0.5) is 11.6 Å². The standard InChI is InChI=1S/C24H26N4O3/c1-27(13-12-17-8-4-3-5-9-17)24-25-19(15-22(29)26-24)18-14-23(30)28(16-18)20-10-6-7-11-21(20)31-2/h3-11,15,18H,12-14,16H2,1-2H3,(H,25,26,29)/t18-/m0/s1. The number of amides is 1. The number of methoxy groups -OCH3 is 1. The Morgan fingerprint density at radius 3 is 2.65 bits per heavy atom. The van der Waals surface area contributed by atoms with Gasteiger partial charge in [-0.05, 0) is 24.1 Å². The number of likely N-dealkylation sites (N-methyl/N-ethyl adjacent to an activating group) is 1. The molecule has 0 spiro atoms. The van der Waals surface area contributed by atoms with Crippen LogP contribution in [0, 0.1) is 0 Å². The van der Waals surface area contributed by atoms with Crippen LogP contribution < -0.4 is 20.1 Å². The lowest BCUT2D eigenvalue weighted by atomic mass is 10.0. The summed E-state index contributed by atoms with van der Waals surface area (Å²) >= 11 is 0. The van der Waals surface area contributed by atoms with Crippen LogP contribution in [0.15, 0.2) is 65.5 Å². The molecule has 1 aliphatic rings. The van der Waals surface area contributed by atoms with Crippen LogP contribution in [0.3, 0.4) is 0 Å². The molecule has 3 aromatic rings. The Morgan fingerprint density at radius 2 is 1.87 bits per heavy atom. The van der Waals surface area contributed by atoms with Gasteiger partial charge in [0.2, 0.25) is 11.9 Å². The van der Waals surface area contributed by atoms with E-state index in [1.54, 1.807) is 12.0 Å². The summed E-state index contributed by atoms with van der Waals surface area (Å²) in [4.78, 5) is 36.2. The van der Waals surface area contributed by atoms with E-state index in [9.17, 15) is 9.59 Å². The van der Waals surface area contributed by atoms with Crippen LogP contribution in [0.1, 0.15) is 23.6 Å². The molecule has 1 amide bonds. The second-order valence-corrected chi connectivity index (χ2v) is 7.73. The normalized spacial score (nSPS) is 15.9. The summed E-state index contributed by atoms with van der Waals surface area (Å²) in [5.74, 6) is 1.01. The molecule has 0 unspecified atom stereocenters. The molecule has 1 N–H and O–H groups in total. The van der Waals surface area contributed by atoms with Crippen LogP contribution >= 0.6 is 0 Å². The number of hydrogen-bond acceptors (Lipinski definition) is 5. The molecule has 4 rings (SSSR count). The van der Waals surface area contributed by atoms with Crippen molar-refractivity contribution in [1.29, 1.82) is 0 Å². The number of carbonyl (C=O) groups excluding carboxylic acids is 1. The first kappa shape index (κ1) is 20.7. The van der Waals surface area contributed by atoms with E-state index in [1.807, 2.05) is 54.4 Å². The van der Waals surface area contributed by atoms with Gasteiger partial charge in [-0.15, -0.1) is 0 Å². The molecule has 7 nitrogen and oxygen atoms in total. The van der Waals surface area contributed by atoms with Gasteiger partial charge in [-0.3, -0.25) is 14.6 Å². The molecule has 160 valence electrons. The molecule has 31 heavy (non-hydrogen) atoms. The van der Waals surface area contributed by atoms with E-state index in [0.717, 1.165) is 12.1 Å². The van der Waals surface area contributed by atoms with Gasteiger partial charge in [0.25, 0.3) is 5.56 Å². The first-order valence-electron chi connectivity index (χ1n) is 10.3. The third-order valence-electron chi connectivity index (χ3n) is 5.61. The van der Waals surface area contributed by atoms with Crippen molar-refractivity contribution in [2.45, 2.75) is 18.8 Å². The summed E-state index contributed by atoms with van der Waals surface area (Å²) in [5.41, 5.74) is 2.38. The van der Waals surface area contributed by atoms with Crippen molar-refractivity contribution >= 4 is 17.5 Å². The molecule has 2 aromatic carbocycles. The average molecular weight is 418 g/mol. The molecule has 0 saturated carbocycles. The van der Waals surface area contributed by atoms with Crippen molar-refractivity contribution in [1.82, 2.24) is 9.97 Å². The molecule has 1 saturated heterocycles. The number of H-pyrrole nitrogens is 1. The van der Waals surface area contributed by atoms with Crippen LogP contribution in [-0.2, 0) is 11.2 Å². The molecule has 7 heteroatoms. The van der Waals surface area contributed by atoms with Crippen LogP contribution in [0.25, 0.3) is 0 Å². The summed E-state index contributed by atoms with van der Waals surface area (Å²) in [6, 6.07) is 19.1. The minimum Gasteiger partial charge on any atom is -0.495 e. The van der Waals surface area contributed by atoms with Gasteiger partial charge in [-0.25, -0.2) is 4.98 Å². The van der Waals surface area contributed by atoms with E-state index in [0.29, 0.717) is 36.9 Å². The average Bonchev–Trinajstić information content (AvgIpc) is 3.19. The molecule has 0 radical (unpaired) electrons. The van der Waals surface area contributed by atoms with Gasteiger partial charge < -0.3 is 14.5 Å². The monoisotopic (exact) mass is 418 g/mol. The number of nitrogens with zero attached hydrogens (tertiary/aromatic N) is 3. The number of aromatic nitrogens is 2. The molecule has 2 heterocycles. The summed E-state index contributed by atoms with van der Waals surface area (Å²) in [6.45, 7) is 1.18. The maximum Gasteiger partial charge on any atom is 0.252 e. The molecule has 1 atom stereocenters. The summed E-state index contributed by atoms with van der Waals surface area (Å²) in [6.07, 6.45) is 1.15. The third-order valence-corrected chi connectivity index (χ3v) is 5.61. The van der Waals surface area contributed by atoms with E-state index in [2.05, 4.69) is 17.1 Å². The van der Waals surface area contributed by atoms with Crippen LogP contribution in [0.2, 0.25) is 0 Å². The fraction of sp³-hybridized carbons (Fsp3) is 0.292.